The van der Waals surface area contributed by atoms with Crippen LogP contribution in [-0.2, 0) is 10.0 Å². The van der Waals surface area contributed by atoms with Crippen LogP contribution in [-0.4, -0.2) is 26.5 Å². The Bertz CT molecular complexity index is 509. The van der Waals surface area contributed by atoms with Gasteiger partial charge in [0.1, 0.15) is 10.7 Å². The summed E-state index contributed by atoms with van der Waals surface area (Å²) >= 11 is 0. The van der Waals surface area contributed by atoms with Crippen molar-refractivity contribution in [3.05, 3.63) is 18.3 Å². The largest absolute Gasteiger partial charge is 0.373 e. The summed E-state index contributed by atoms with van der Waals surface area (Å²) in [5.74, 6) is 1.36. The maximum Gasteiger partial charge on any atom is 0.242 e. The van der Waals surface area contributed by atoms with Gasteiger partial charge in [0.15, 0.2) is 0 Å². The van der Waals surface area contributed by atoms with Crippen LogP contribution in [0.5, 0.6) is 0 Å². The van der Waals surface area contributed by atoms with Crippen LogP contribution in [0.15, 0.2) is 23.2 Å². The summed E-state index contributed by atoms with van der Waals surface area (Å²) in [6.07, 6.45) is 5.61. The smallest absolute Gasteiger partial charge is 0.242 e. The van der Waals surface area contributed by atoms with Crippen LogP contribution in [0, 0.1) is 5.92 Å². The minimum Gasteiger partial charge on any atom is -0.373 e. The second-order valence-electron chi connectivity index (χ2n) is 5.03. The first-order valence-corrected chi connectivity index (χ1v) is 8.19. The number of anilines is 1. The Morgan fingerprint density at radius 1 is 1.42 bits per heavy atom. The molecule has 0 radical (unpaired) electrons. The third kappa shape index (κ3) is 3.91. The average molecular weight is 283 g/mol. The van der Waals surface area contributed by atoms with Crippen molar-refractivity contribution in [2.75, 3.05) is 12.4 Å². The lowest BCUT2D eigenvalue weighted by Gasteiger charge is -2.16. The molecular weight excluding hydrogens is 262 g/mol. The van der Waals surface area contributed by atoms with Crippen LogP contribution >= 0.6 is 0 Å². The second kappa shape index (κ2) is 5.88. The van der Waals surface area contributed by atoms with Crippen molar-refractivity contribution in [3.63, 3.8) is 0 Å². The Kier molecular flexibility index (Phi) is 4.42. The number of hydrogen-bond acceptors (Lipinski definition) is 4. The predicted molar refractivity (Wildman–Crippen MR) is 75.5 cm³/mol. The van der Waals surface area contributed by atoms with E-state index in [0.717, 1.165) is 12.8 Å². The van der Waals surface area contributed by atoms with E-state index < -0.39 is 10.0 Å². The van der Waals surface area contributed by atoms with Gasteiger partial charge in [-0.1, -0.05) is 19.8 Å². The number of rotatable bonds is 7. The molecule has 0 aromatic carbocycles. The van der Waals surface area contributed by atoms with Gasteiger partial charge < -0.3 is 5.32 Å². The Morgan fingerprint density at radius 3 is 2.63 bits per heavy atom. The summed E-state index contributed by atoms with van der Waals surface area (Å²) in [7, 11) is -1.71. The third-order valence-electron chi connectivity index (χ3n) is 3.43. The molecule has 106 valence electrons. The number of sulfonamides is 1. The van der Waals surface area contributed by atoms with E-state index in [4.69, 9.17) is 0 Å². The molecule has 19 heavy (non-hydrogen) atoms. The lowest BCUT2D eigenvalue weighted by atomic mass is 10.1. The van der Waals surface area contributed by atoms with Crippen LogP contribution < -0.4 is 10.0 Å². The van der Waals surface area contributed by atoms with Gasteiger partial charge in [0.05, 0.1) is 0 Å². The highest BCUT2D eigenvalue weighted by atomic mass is 32.2. The quantitative estimate of drug-likeness (QED) is 0.802. The molecule has 0 bridgehead atoms. The molecule has 0 spiro atoms. The Labute approximate surface area is 114 Å². The zero-order chi connectivity index (χ0) is 13.9. The van der Waals surface area contributed by atoms with Crippen LogP contribution in [0.2, 0.25) is 0 Å². The fraction of sp³-hybridized carbons (Fsp3) is 0.615. The van der Waals surface area contributed by atoms with Gasteiger partial charge in [-0.3, -0.25) is 0 Å². The first-order valence-electron chi connectivity index (χ1n) is 6.71. The molecule has 0 amide bonds. The Balaban J connectivity index is 2.06. The van der Waals surface area contributed by atoms with Crippen LogP contribution in [0.25, 0.3) is 0 Å². The van der Waals surface area contributed by atoms with Crippen molar-refractivity contribution in [2.24, 2.45) is 5.92 Å². The van der Waals surface area contributed by atoms with Gasteiger partial charge in [0, 0.05) is 19.3 Å². The molecular formula is C13H21N3O2S. The van der Waals surface area contributed by atoms with Crippen molar-refractivity contribution in [1.29, 1.82) is 0 Å². The molecule has 1 aromatic heterocycles. The molecule has 1 aliphatic carbocycles. The van der Waals surface area contributed by atoms with Gasteiger partial charge in [-0.2, -0.15) is 0 Å². The monoisotopic (exact) mass is 283 g/mol. The lowest BCUT2D eigenvalue weighted by molar-refractivity contribution is 0.495. The topological polar surface area (TPSA) is 71.1 Å². The first kappa shape index (κ1) is 14.3. The fourth-order valence-electron chi connectivity index (χ4n) is 2.03. The summed E-state index contributed by atoms with van der Waals surface area (Å²) in [6.45, 7) is 2.01. The van der Waals surface area contributed by atoms with E-state index in [1.807, 2.05) is 6.92 Å². The maximum absolute atomic E-state index is 12.2. The minimum atomic E-state index is -3.45. The first-order chi connectivity index (χ1) is 9.05. The highest BCUT2D eigenvalue weighted by Crippen LogP contribution is 2.34. The van der Waals surface area contributed by atoms with Crippen LogP contribution in [0.3, 0.4) is 0 Å². The molecule has 2 N–H and O–H groups in total. The number of hydrogen-bond donors (Lipinski definition) is 2. The summed E-state index contributed by atoms with van der Waals surface area (Å²) in [4.78, 5) is 4.26. The van der Waals surface area contributed by atoms with Crippen molar-refractivity contribution >= 4 is 15.8 Å². The Hall–Kier alpha value is -1.14. The van der Waals surface area contributed by atoms with Crippen molar-refractivity contribution < 1.29 is 8.42 Å². The van der Waals surface area contributed by atoms with E-state index in [0.29, 0.717) is 11.7 Å². The fourth-order valence-corrected chi connectivity index (χ4v) is 3.31. The highest BCUT2D eigenvalue weighted by Gasteiger charge is 2.27. The molecule has 1 fully saturated rings. The molecule has 1 heterocycles. The Morgan fingerprint density at radius 2 is 2.16 bits per heavy atom. The predicted octanol–water partition coefficient (Wildman–Crippen LogP) is 1.98. The zero-order valence-electron chi connectivity index (χ0n) is 11.4. The van der Waals surface area contributed by atoms with E-state index >= 15 is 0 Å². The van der Waals surface area contributed by atoms with Gasteiger partial charge in [0.25, 0.3) is 0 Å². The molecule has 5 nitrogen and oxygen atoms in total. The average Bonchev–Trinajstić information content (AvgIpc) is 3.21. The summed E-state index contributed by atoms with van der Waals surface area (Å²) < 4.78 is 27.2. The van der Waals surface area contributed by atoms with Gasteiger partial charge in [0.2, 0.25) is 10.0 Å². The van der Waals surface area contributed by atoms with E-state index in [9.17, 15) is 8.42 Å². The van der Waals surface area contributed by atoms with E-state index in [2.05, 4.69) is 15.0 Å². The summed E-state index contributed by atoms with van der Waals surface area (Å²) in [6, 6.07) is 3.27. The number of nitrogens with one attached hydrogen (secondary N) is 2. The van der Waals surface area contributed by atoms with Gasteiger partial charge in [-0.05, 0) is 30.9 Å². The zero-order valence-corrected chi connectivity index (χ0v) is 12.2. The number of aromatic nitrogens is 1. The van der Waals surface area contributed by atoms with Crippen LogP contribution in [0.4, 0.5) is 5.82 Å². The summed E-state index contributed by atoms with van der Waals surface area (Å²) in [5, 5.41) is 2.87. The van der Waals surface area contributed by atoms with E-state index in [-0.39, 0.29) is 10.9 Å². The molecule has 1 aromatic rings. The SMILES string of the molecule is CCC(CC1CC1)NS(=O)(=O)c1ccc(NC)nc1. The maximum atomic E-state index is 12.2. The second-order valence-corrected chi connectivity index (χ2v) is 6.75. The van der Waals surface area contributed by atoms with Gasteiger partial charge >= 0.3 is 0 Å². The molecule has 0 aliphatic heterocycles. The molecule has 6 heteroatoms. The van der Waals surface area contributed by atoms with E-state index in [1.54, 1.807) is 19.2 Å². The lowest BCUT2D eigenvalue weighted by Crippen LogP contribution is -2.34. The number of pyridine rings is 1. The summed E-state index contributed by atoms with van der Waals surface area (Å²) in [5.41, 5.74) is 0. The highest BCUT2D eigenvalue weighted by molar-refractivity contribution is 7.89. The molecule has 1 saturated carbocycles. The molecule has 2 rings (SSSR count). The van der Waals surface area contributed by atoms with Gasteiger partial charge in [-0.15, -0.1) is 0 Å². The molecule has 1 unspecified atom stereocenters. The van der Waals surface area contributed by atoms with Crippen molar-refractivity contribution in [2.45, 2.75) is 43.5 Å². The normalized spacial score (nSPS) is 17.2. The molecule has 1 atom stereocenters. The third-order valence-corrected chi connectivity index (χ3v) is 4.94. The van der Waals surface area contributed by atoms with Crippen molar-refractivity contribution in [3.8, 4) is 0 Å². The molecule has 1 aliphatic rings. The van der Waals surface area contributed by atoms with Crippen LogP contribution in [0.1, 0.15) is 32.6 Å². The van der Waals surface area contributed by atoms with Crippen molar-refractivity contribution in [1.82, 2.24) is 9.71 Å². The van der Waals surface area contributed by atoms with Gasteiger partial charge in [-0.25, -0.2) is 18.1 Å². The standard InChI is InChI=1S/C13H21N3O2S/c1-3-11(8-10-4-5-10)16-19(17,18)12-6-7-13(14-2)15-9-12/h6-7,9-11,16H,3-5,8H2,1-2H3,(H,14,15). The van der Waals surface area contributed by atoms with E-state index in [1.165, 1.54) is 19.0 Å². The minimum absolute atomic E-state index is 0.0291. The number of nitrogens with zero attached hydrogens (tertiary/aromatic N) is 1. The molecule has 0 saturated heterocycles.